The first-order chi connectivity index (χ1) is 13.9. The molecule has 3 aromatic rings. The molecule has 2 aromatic heterocycles. The summed E-state index contributed by atoms with van der Waals surface area (Å²) in [6.45, 7) is 1.04. The molecule has 0 aliphatic carbocycles. The summed E-state index contributed by atoms with van der Waals surface area (Å²) in [6.07, 6.45) is 1.23. The van der Waals surface area contributed by atoms with Crippen LogP contribution in [0, 0.1) is 5.92 Å². The van der Waals surface area contributed by atoms with Gasteiger partial charge in [-0.15, -0.1) is 22.7 Å². The molecule has 29 heavy (non-hydrogen) atoms. The SMILES string of the molecule is O=C(c1ccc(Cl)c(Cl)c1)C1CCN(C(=O)c2csc(-c3ccc(Cl)s3)n2)CC1. The van der Waals surface area contributed by atoms with Crippen LogP contribution in [0.15, 0.2) is 35.7 Å². The van der Waals surface area contributed by atoms with E-state index in [9.17, 15) is 9.59 Å². The van der Waals surface area contributed by atoms with Gasteiger partial charge in [-0.2, -0.15) is 0 Å². The molecule has 0 bridgehead atoms. The fraction of sp³-hybridized carbons (Fsp3) is 0.250. The number of ketones is 1. The van der Waals surface area contributed by atoms with E-state index in [0.29, 0.717) is 51.6 Å². The van der Waals surface area contributed by atoms with Gasteiger partial charge >= 0.3 is 0 Å². The fourth-order valence-electron chi connectivity index (χ4n) is 3.31. The standard InChI is InChI=1S/C20H15Cl3N2O2S2/c21-13-2-1-12(9-14(13)22)18(26)11-5-7-25(8-6-11)20(27)15-10-28-19(24-15)16-3-4-17(23)29-16/h1-4,9-11H,5-8H2. The van der Waals surface area contributed by atoms with Crippen LogP contribution in [0.1, 0.15) is 33.7 Å². The maximum atomic E-state index is 12.8. The average molecular weight is 486 g/mol. The lowest BCUT2D eigenvalue weighted by atomic mass is 9.89. The molecular weight excluding hydrogens is 471 g/mol. The number of benzene rings is 1. The Kier molecular flexibility index (Phi) is 6.27. The molecule has 0 saturated carbocycles. The van der Waals surface area contributed by atoms with Crippen LogP contribution >= 0.6 is 57.5 Å². The number of carbonyl (C=O) groups excluding carboxylic acids is 2. The van der Waals surface area contributed by atoms with Crippen LogP contribution in [0.5, 0.6) is 0 Å². The number of likely N-dealkylation sites (tertiary alicyclic amines) is 1. The van der Waals surface area contributed by atoms with E-state index in [-0.39, 0.29) is 17.6 Å². The van der Waals surface area contributed by atoms with Crippen molar-refractivity contribution in [1.29, 1.82) is 0 Å². The second kappa shape index (κ2) is 8.74. The summed E-state index contributed by atoms with van der Waals surface area (Å²) in [5.41, 5.74) is 0.992. The van der Waals surface area contributed by atoms with Crippen LogP contribution in [0.4, 0.5) is 0 Å². The Hall–Kier alpha value is -1.44. The van der Waals surface area contributed by atoms with Gasteiger partial charge in [-0.1, -0.05) is 34.8 Å². The van der Waals surface area contributed by atoms with Gasteiger partial charge in [-0.05, 0) is 43.2 Å². The van der Waals surface area contributed by atoms with E-state index in [1.807, 2.05) is 12.1 Å². The van der Waals surface area contributed by atoms with E-state index < -0.39 is 0 Å². The number of hydrogen-bond donors (Lipinski definition) is 0. The molecule has 1 saturated heterocycles. The molecule has 0 radical (unpaired) electrons. The molecule has 0 N–H and O–H groups in total. The maximum absolute atomic E-state index is 12.8. The molecule has 0 spiro atoms. The van der Waals surface area contributed by atoms with Gasteiger partial charge in [0.05, 0.1) is 19.3 Å². The second-order valence-electron chi connectivity index (χ2n) is 6.70. The fourth-order valence-corrected chi connectivity index (χ4v) is 5.51. The van der Waals surface area contributed by atoms with E-state index in [1.54, 1.807) is 28.5 Å². The summed E-state index contributed by atoms with van der Waals surface area (Å²) in [4.78, 5) is 32.7. The summed E-state index contributed by atoms with van der Waals surface area (Å²) in [5, 5.41) is 3.36. The van der Waals surface area contributed by atoms with E-state index in [1.165, 1.54) is 22.7 Å². The van der Waals surface area contributed by atoms with Gasteiger partial charge in [0.1, 0.15) is 10.7 Å². The first kappa shape index (κ1) is 20.8. The molecule has 4 nitrogen and oxygen atoms in total. The number of thiazole rings is 1. The Morgan fingerprint density at radius 1 is 1.03 bits per heavy atom. The van der Waals surface area contributed by atoms with E-state index >= 15 is 0 Å². The molecule has 150 valence electrons. The van der Waals surface area contributed by atoms with Crippen molar-refractivity contribution in [2.24, 2.45) is 5.92 Å². The highest BCUT2D eigenvalue weighted by atomic mass is 35.5. The Morgan fingerprint density at radius 2 is 1.79 bits per heavy atom. The Labute approximate surface area is 191 Å². The number of nitrogens with zero attached hydrogens (tertiary/aromatic N) is 2. The minimum atomic E-state index is -0.129. The molecule has 1 amide bonds. The number of amides is 1. The predicted octanol–water partition coefficient (Wildman–Crippen LogP) is 6.57. The molecule has 1 aromatic carbocycles. The van der Waals surface area contributed by atoms with E-state index in [0.717, 1.165) is 9.88 Å². The van der Waals surface area contributed by atoms with Gasteiger partial charge in [0.2, 0.25) is 0 Å². The molecule has 4 rings (SSSR count). The van der Waals surface area contributed by atoms with Crippen molar-refractivity contribution in [1.82, 2.24) is 9.88 Å². The van der Waals surface area contributed by atoms with Gasteiger partial charge in [0, 0.05) is 30.0 Å². The summed E-state index contributed by atoms with van der Waals surface area (Å²) in [6, 6.07) is 8.66. The van der Waals surface area contributed by atoms with Crippen molar-refractivity contribution in [2.75, 3.05) is 13.1 Å². The second-order valence-corrected chi connectivity index (χ2v) is 10.1. The molecule has 1 aliphatic heterocycles. The Morgan fingerprint density at radius 3 is 2.45 bits per heavy atom. The van der Waals surface area contributed by atoms with Crippen LogP contribution in [-0.2, 0) is 0 Å². The van der Waals surface area contributed by atoms with Gasteiger partial charge in [-0.3, -0.25) is 9.59 Å². The van der Waals surface area contributed by atoms with Crippen LogP contribution in [-0.4, -0.2) is 34.7 Å². The molecule has 3 heterocycles. The third-order valence-corrected chi connectivity index (χ3v) is 7.85. The lowest BCUT2D eigenvalue weighted by Crippen LogP contribution is -2.40. The summed E-state index contributed by atoms with van der Waals surface area (Å²) < 4.78 is 0.691. The van der Waals surface area contributed by atoms with Gasteiger partial charge in [0.15, 0.2) is 5.78 Å². The molecule has 1 aliphatic rings. The average Bonchev–Trinajstić information content (AvgIpc) is 3.38. The zero-order valence-electron chi connectivity index (χ0n) is 15.0. The quantitative estimate of drug-likeness (QED) is 0.393. The van der Waals surface area contributed by atoms with Crippen molar-refractivity contribution >= 4 is 69.2 Å². The first-order valence-electron chi connectivity index (χ1n) is 8.92. The molecular formula is C20H15Cl3N2O2S2. The molecule has 0 unspecified atom stereocenters. The van der Waals surface area contributed by atoms with Crippen molar-refractivity contribution in [3.8, 4) is 9.88 Å². The van der Waals surface area contributed by atoms with Crippen molar-refractivity contribution < 1.29 is 9.59 Å². The molecule has 0 atom stereocenters. The van der Waals surface area contributed by atoms with Crippen molar-refractivity contribution in [3.05, 3.63) is 61.4 Å². The number of halogens is 3. The lowest BCUT2D eigenvalue weighted by Gasteiger charge is -2.31. The zero-order chi connectivity index (χ0) is 20.5. The number of piperidine rings is 1. The number of aromatic nitrogens is 1. The summed E-state index contributed by atoms with van der Waals surface area (Å²) >= 11 is 20.8. The number of thiophene rings is 1. The van der Waals surface area contributed by atoms with Crippen molar-refractivity contribution in [3.63, 3.8) is 0 Å². The predicted molar refractivity (Wildman–Crippen MR) is 120 cm³/mol. The van der Waals surface area contributed by atoms with Gasteiger partial charge in [0.25, 0.3) is 5.91 Å². The number of Topliss-reactive ketones (excluding diaryl/α,β-unsaturated/α-hetero) is 1. The zero-order valence-corrected chi connectivity index (χ0v) is 18.9. The lowest BCUT2D eigenvalue weighted by molar-refractivity contribution is 0.0646. The van der Waals surface area contributed by atoms with E-state index in [4.69, 9.17) is 34.8 Å². The van der Waals surface area contributed by atoms with Crippen LogP contribution in [0.25, 0.3) is 9.88 Å². The normalized spacial score (nSPS) is 14.9. The first-order valence-corrected chi connectivity index (χ1v) is 11.7. The third-order valence-electron chi connectivity index (χ3n) is 4.86. The maximum Gasteiger partial charge on any atom is 0.273 e. The third kappa shape index (κ3) is 4.52. The largest absolute Gasteiger partial charge is 0.337 e. The van der Waals surface area contributed by atoms with E-state index in [2.05, 4.69) is 4.98 Å². The highest BCUT2D eigenvalue weighted by Crippen LogP contribution is 2.33. The Bertz CT molecular complexity index is 1070. The van der Waals surface area contributed by atoms with Crippen molar-refractivity contribution in [2.45, 2.75) is 12.8 Å². The summed E-state index contributed by atoms with van der Waals surface area (Å²) in [7, 11) is 0. The van der Waals surface area contributed by atoms with Crippen LogP contribution < -0.4 is 0 Å². The topological polar surface area (TPSA) is 50.3 Å². The highest BCUT2D eigenvalue weighted by Gasteiger charge is 2.29. The van der Waals surface area contributed by atoms with Crippen LogP contribution in [0.2, 0.25) is 14.4 Å². The highest BCUT2D eigenvalue weighted by molar-refractivity contribution is 7.23. The minimum absolute atomic E-state index is 0.0428. The van der Waals surface area contributed by atoms with Crippen LogP contribution in [0.3, 0.4) is 0 Å². The number of carbonyl (C=O) groups is 2. The summed E-state index contributed by atoms with van der Waals surface area (Å²) in [5.74, 6) is -0.188. The van der Waals surface area contributed by atoms with Gasteiger partial charge < -0.3 is 4.90 Å². The molecule has 1 fully saturated rings. The number of hydrogen-bond acceptors (Lipinski definition) is 5. The minimum Gasteiger partial charge on any atom is -0.337 e. The Balaban J connectivity index is 1.39. The monoisotopic (exact) mass is 484 g/mol. The molecule has 9 heteroatoms. The van der Waals surface area contributed by atoms with Gasteiger partial charge in [-0.25, -0.2) is 4.98 Å². The number of rotatable bonds is 4. The smallest absolute Gasteiger partial charge is 0.273 e.